The average molecular weight is 266 g/mol. The molecule has 1 aromatic rings. The maximum Gasteiger partial charge on any atom is 0.269 e. The van der Waals surface area contributed by atoms with Crippen LogP contribution in [0.2, 0.25) is 0 Å². The quantitative estimate of drug-likeness (QED) is 0.408. The van der Waals surface area contributed by atoms with Crippen molar-refractivity contribution in [3.63, 3.8) is 0 Å². The number of aliphatic hydroxyl groups excluding tert-OH is 1. The van der Waals surface area contributed by atoms with Crippen molar-refractivity contribution in [2.24, 2.45) is 5.92 Å². The first kappa shape index (κ1) is 15.6. The number of aliphatic hydroxyl groups is 1. The predicted molar refractivity (Wildman–Crippen MR) is 75.2 cm³/mol. The van der Waals surface area contributed by atoms with E-state index in [0.717, 1.165) is 37.9 Å². The van der Waals surface area contributed by atoms with Crippen molar-refractivity contribution in [1.29, 1.82) is 0 Å². The Balaban J connectivity index is 2.27. The predicted octanol–water partition coefficient (Wildman–Crippen LogP) is 2.14. The zero-order valence-electron chi connectivity index (χ0n) is 11.3. The first-order valence-corrected chi connectivity index (χ1v) is 6.72. The van der Waals surface area contributed by atoms with E-state index < -0.39 is 0 Å². The zero-order chi connectivity index (χ0) is 14.1. The van der Waals surface area contributed by atoms with Gasteiger partial charge in [-0.15, -0.1) is 0 Å². The van der Waals surface area contributed by atoms with Crippen LogP contribution >= 0.6 is 0 Å². The number of hydrogen-bond acceptors (Lipinski definition) is 4. The first-order valence-electron chi connectivity index (χ1n) is 6.72. The van der Waals surface area contributed by atoms with Gasteiger partial charge in [0.25, 0.3) is 5.69 Å². The van der Waals surface area contributed by atoms with Gasteiger partial charge < -0.3 is 10.4 Å². The Morgan fingerprint density at radius 3 is 2.58 bits per heavy atom. The Morgan fingerprint density at radius 2 is 2.05 bits per heavy atom. The molecule has 1 rings (SSSR count). The van der Waals surface area contributed by atoms with E-state index in [1.165, 1.54) is 12.1 Å². The number of nitro groups is 1. The van der Waals surface area contributed by atoms with E-state index in [0.29, 0.717) is 5.92 Å². The summed E-state index contributed by atoms with van der Waals surface area (Å²) < 4.78 is 0. The lowest BCUT2D eigenvalue weighted by Gasteiger charge is -2.14. The van der Waals surface area contributed by atoms with Crippen LogP contribution in [0.25, 0.3) is 0 Å². The molecule has 0 saturated carbocycles. The third-order valence-electron chi connectivity index (χ3n) is 3.29. The molecule has 0 radical (unpaired) electrons. The fourth-order valence-corrected chi connectivity index (χ4v) is 1.96. The van der Waals surface area contributed by atoms with E-state index in [-0.39, 0.29) is 17.2 Å². The van der Waals surface area contributed by atoms with E-state index in [1.54, 1.807) is 12.1 Å². The van der Waals surface area contributed by atoms with Crippen molar-refractivity contribution < 1.29 is 10.0 Å². The molecule has 0 amide bonds. The Kier molecular flexibility index (Phi) is 7.07. The molecule has 0 aliphatic rings. The molecule has 0 heterocycles. The van der Waals surface area contributed by atoms with Crippen LogP contribution in [0.3, 0.4) is 0 Å². The number of nitrogens with one attached hydrogen (secondary N) is 1. The van der Waals surface area contributed by atoms with Crippen LogP contribution in [-0.4, -0.2) is 29.7 Å². The summed E-state index contributed by atoms with van der Waals surface area (Å²) >= 11 is 0. The van der Waals surface area contributed by atoms with Gasteiger partial charge in [-0.2, -0.15) is 0 Å². The Labute approximate surface area is 113 Å². The highest BCUT2D eigenvalue weighted by atomic mass is 16.6. The van der Waals surface area contributed by atoms with Gasteiger partial charge in [-0.1, -0.05) is 25.5 Å². The molecule has 0 spiro atoms. The zero-order valence-corrected chi connectivity index (χ0v) is 11.3. The molecule has 0 saturated heterocycles. The highest BCUT2D eigenvalue weighted by Gasteiger charge is 2.05. The molecule has 1 aromatic carbocycles. The van der Waals surface area contributed by atoms with E-state index in [9.17, 15) is 10.1 Å². The monoisotopic (exact) mass is 266 g/mol. The van der Waals surface area contributed by atoms with Crippen LogP contribution in [0.15, 0.2) is 24.3 Å². The Hall–Kier alpha value is -1.46. The highest BCUT2D eigenvalue weighted by molar-refractivity contribution is 5.32. The largest absolute Gasteiger partial charge is 0.396 e. The summed E-state index contributed by atoms with van der Waals surface area (Å²) in [4.78, 5) is 10.1. The summed E-state index contributed by atoms with van der Waals surface area (Å²) in [6, 6.07) is 6.67. The summed E-state index contributed by atoms with van der Waals surface area (Å²) in [7, 11) is 0. The summed E-state index contributed by atoms with van der Waals surface area (Å²) in [5.41, 5.74) is 1.22. The molecule has 0 aliphatic heterocycles. The molecule has 5 heteroatoms. The molecule has 0 bridgehead atoms. The van der Waals surface area contributed by atoms with E-state index in [2.05, 4.69) is 12.2 Å². The number of non-ortho nitro benzene ring substituents is 1. The van der Waals surface area contributed by atoms with E-state index in [4.69, 9.17) is 5.11 Å². The fraction of sp³-hybridized carbons (Fsp3) is 0.571. The lowest BCUT2D eigenvalue weighted by molar-refractivity contribution is -0.384. The van der Waals surface area contributed by atoms with Crippen molar-refractivity contribution in [2.75, 3.05) is 19.7 Å². The second-order valence-corrected chi connectivity index (χ2v) is 4.66. The highest BCUT2D eigenvalue weighted by Crippen LogP contribution is 2.12. The van der Waals surface area contributed by atoms with Crippen LogP contribution in [0.1, 0.15) is 25.3 Å². The van der Waals surface area contributed by atoms with Gasteiger partial charge in [0.1, 0.15) is 0 Å². The summed E-state index contributed by atoms with van der Waals surface area (Å²) in [6.45, 7) is 4.12. The van der Waals surface area contributed by atoms with Crippen LogP contribution in [0.4, 0.5) is 5.69 Å². The number of rotatable bonds is 9. The SMILES string of the molecule is CCC(CCO)CNCCc1ccc([N+](=O)[O-])cc1. The van der Waals surface area contributed by atoms with Gasteiger partial charge in [0.15, 0.2) is 0 Å². The lowest BCUT2D eigenvalue weighted by Crippen LogP contribution is -2.25. The molecule has 0 aromatic heterocycles. The van der Waals surface area contributed by atoms with Gasteiger partial charge in [-0.05, 0) is 37.4 Å². The molecule has 5 nitrogen and oxygen atoms in total. The van der Waals surface area contributed by atoms with Gasteiger partial charge >= 0.3 is 0 Å². The van der Waals surface area contributed by atoms with E-state index in [1.807, 2.05) is 0 Å². The molecule has 19 heavy (non-hydrogen) atoms. The van der Waals surface area contributed by atoms with Crippen molar-refractivity contribution in [1.82, 2.24) is 5.32 Å². The standard InChI is InChI=1S/C14H22N2O3/c1-2-12(8-10-17)11-15-9-7-13-3-5-14(6-4-13)16(18)19/h3-6,12,15,17H,2,7-11H2,1H3. The first-order chi connectivity index (χ1) is 9.17. The lowest BCUT2D eigenvalue weighted by atomic mass is 10.0. The van der Waals surface area contributed by atoms with Crippen LogP contribution < -0.4 is 5.32 Å². The number of nitrogens with zero attached hydrogens (tertiary/aromatic N) is 1. The molecule has 0 fully saturated rings. The summed E-state index contributed by atoms with van der Waals surface area (Å²) in [5.74, 6) is 0.516. The van der Waals surface area contributed by atoms with Crippen LogP contribution in [0, 0.1) is 16.0 Å². The maximum atomic E-state index is 10.5. The third kappa shape index (κ3) is 5.81. The third-order valence-corrected chi connectivity index (χ3v) is 3.29. The second kappa shape index (κ2) is 8.61. The maximum absolute atomic E-state index is 10.5. The van der Waals surface area contributed by atoms with Crippen molar-refractivity contribution >= 4 is 5.69 Å². The summed E-state index contributed by atoms with van der Waals surface area (Å²) in [5, 5.41) is 22.8. The van der Waals surface area contributed by atoms with Crippen molar-refractivity contribution in [2.45, 2.75) is 26.2 Å². The molecule has 2 N–H and O–H groups in total. The summed E-state index contributed by atoms with van der Waals surface area (Å²) in [6.07, 6.45) is 2.75. The Morgan fingerprint density at radius 1 is 1.37 bits per heavy atom. The van der Waals surface area contributed by atoms with Gasteiger partial charge in [0.2, 0.25) is 0 Å². The van der Waals surface area contributed by atoms with Crippen LogP contribution in [-0.2, 0) is 6.42 Å². The fourth-order valence-electron chi connectivity index (χ4n) is 1.96. The second-order valence-electron chi connectivity index (χ2n) is 4.66. The van der Waals surface area contributed by atoms with Gasteiger partial charge in [-0.25, -0.2) is 0 Å². The molecular weight excluding hydrogens is 244 g/mol. The molecule has 1 atom stereocenters. The smallest absolute Gasteiger partial charge is 0.269 e. The molecule has 1 unspecified atom stereocenters. The van der Waals surface area contributed by atoms with Crippen LogP contribution in [0.5, 0.6) is 0 Å². The average Bonchev–Trinajstić information content (AvgIpc) is 2.42. The number of benzene rings is 1. The van der Waals surface area contributed by atoms with Crippen molar-refractivity contribution in [3.8, 4) is 0 Å². The minimum absolute atomic E-state index is 0.130. The topological polar surface area (TPSA) is 75.4 Å². The van der Waals surface area contributed by atoms with E-state index >= 15 is 0 Å². The van der Waals surface area contributed by atoms with Crippen molar-refractivity contribution in [3.05, 3.63) is 39.9 Å². The number of nitro benzene ring substituents is 1. The minimum atomic E-state index is -0.386. The normalized spacial score (nSPS) is 12.3. The molecule has 106 valence electrons. The minimum Gasteiger partial charge on any atom is -0.396 e. The number of hydrogen-bond donors (Lipinski definition) is 2. The van der Waals surface area contributed by atoms with Gasteiger partial charge in [0.05, 0.1) is 4.92 Å². The van der Waals surface area contributed by atoms with Gasteiger partial charge in [-0.3, -0.25) is 10.1 Å². The molecule has 0 aliphatic carbocycles. The Bertz CT molecular complexity index is 379. The van der Waals surface area contributed by atoms with Gasteiger partial charge in [0, 0.05) is 18.7 Å². The molecular formula is C14H22N2O3.